The van der Waals surface area contributed by atoms with E-state index in [2.05, 4.69) is 5.32 Å². The van der Waals surface area contributed by atoms with Gasteiger partial charge in [-0.1, -0.05) is 26.0 Å². The van der Waals surface area contributed by atoms with E-state index in [1.807, 2.05) is 0 Å². The van der Waals surface area contributed by atoms with Gasteiger partial charge in [0.25, 0.3) is 11.8 Å². The molecule has 2 aromatic rings. The van der Waals surface area contributed by atoms with Crippen molar-refractivity contribution >= 4 is 23.4 Å². The standard InChI is InChI=1S/C20H19FN2O3/c1-11(2)17(18(24)22-16-9-8-13(21)10-12(16)3)23-19(25)14-6-4-5-7-15(14)20(23)26/h4-11,17H,1-3H3,(H,22,24). The highest BCUT2D eigenvalue weighted by Crippen LogP contribution is 2.28. The first-order valence-corrected chi connectivity index (χ1v) is 8.35. The number of carbonyl (C=O) groups is 3. The zero-order valence-electron chi connectivity index (χ0n) is 14.7. The molecule has 26 heavy (non-hydrogen) atoms. The lowest BCUT2D eigenvalue weighted by molar-refractivity contribution is -0.121. The molecule has 0 fully saturated rings. The van der Waals surface area contributed by atoms with Crippen LogP contribution in [-0.4, -0.2) is 28.7 Å². The fraction of sp³-hybridized carbons (Fsp3) is 0.250. The Morgan fingerprint density at radius 1 is 1.04 bits per heavy atom. The fourth-order valence-electron chi connectivity index (χ4n) is 3.15. The van der Waals surface area contributed by atoms with Gasteiger partial charge in [-0.25, -0.2) is 4.39 Å². The summed E-state index contributed by atoms with van der Waals surface area (Å²) in [4.78, 5) is 39.3. The molecule has 0 spiro atoms. The van der Waals surface area contributed by atoms with Gasteiger partial charge < -0.3 is 5.32 Å². The molecule has 0 saturated carbocycles. The highest BCUT2D eigenvalue weighted by Gasteiger charge is 2.43. The number of rotatable bonds is 4. The van der Waals surface area contributed by atoms with Crippen LogP contribution >= 0.6 is 0 Å². The maximum atomic E-state index is 13.3. The summed E-state index contributed by atoms with van der Waals surface area (Å²) in [5.41, 5.74) is 1.60. The maximum Gasteiger partial charge on any atom is 0.262 e. The molecule has 1 aliphatic heterocycles. The van der Waals surface area contributed by atoms with E-state index in [0.29, 0.717) is 22.4 Å². The summed E-state index contributed by atoms with van der Waals surface area (Å²) in [6, 6.07) is 9.56. The Labute approximate surface area is 150 Å². The van der Waals surface area contributed by atoms with E-state index < -0.39 is 29.6 Å². The minimum Gasteiger partial charge on any atom is -0.324 e. The number of halogens is 1. The zero-order chi connectivity index (χ0) is 19.0. The lowest BCUT2D eigenvalue weighted by atomic mass is 10.0. The van der Waals surface area contributed by atoms with Gasteiger partial charge >= 0.3 is 0 Å². The van der Waals surface area contributed by atoms with Crippen molar-refractivity contribution in [2.24, 2.45) is 5.92 Å². The van der Waals surface area contributed by atoms with Crippen LogP contribution in [0.15, 0.2) is 42.5 Å². The lowest BCUT2D eigenvalue weighted by Gasteiger charge is -2.28. The number of carbonyl (C=O) groups excluding carboxylic acids is 3. The van der Waals surface area contributed by atoms with E-state index in [1.54, 1.807) is 45.0 Å². The van der Waals surface area contributed by atoms with E-state index in [4.69, 9.17) is 0 Å². The molecule has 1 heterocycles. The van der Waals surface area contributed by atoms with Crippen molar-refractivity contribution in [2.45, 2.75) is 26.8 Å². The predicted molar refractivity (Wildman–Crippen MR) is 95.3 cm³/mol. The van der Waals surface area contributed by atoms with Crippen LogP contribution in [0.2, 0.25) is 0 Å². The molecule has 1 unspecified atom stereocenters. The van der Waals surface area contributed by atoms with E-state index >= 15 is 0 Å². The van der Waals surface area contributed by atoms with Gasteiger partial charge in [0, 0.05) is 5.69 Å². The number of fused-ring (bicyclic) bond motifs is 1. The number of amides is 3. The second-order valence-corrected chi connectivity index (χ2v) is 6.66. The molecule has 1 N–H and O–H groups in total. The monoisotopic (exact) mass is 354 g/mol. The number of hydrogen-bond acceptors (Lipinski definition) is 3. The summed E-state index contributed by atoms with van der Waals surface area (Å²) in [6.07, 6.45) is 0. The third-order valence-corrected chi connectivity index (χ3v) is 4.45. The molecule has 0 radical (unpaired) electrons. The van der Waals surface area contributed by atoms with Crippen molar-refractivity contribution in [3.63, 3.8) is 0 Å². The number of hydrogen-bond donors (Lipinski definition) is 1. The molecular weight excluding hydrogens is 335 g/mol. The van der Waals surface area contributed by atoms with Crippen molar-refractivity contribution in [2.75, 3.05) is 5.32 Å². The second kappa shape index (κ2) is 6.71. The Morgan fingerprint density at radius 2 is 1.62 bits per heavy atom. The molecule has 1 aliphatic rings. The molecule has 6 heteroatoms. The number of aryl methyl sites for hydroxylation is 1. The summed E-state index contributed by atoms with van der Waals surface area (Å²) >= 11 is 0. The highest BCUT2D eigenvalue weighted by atomic mass is 19.1. The fourth-order valence-corrected chi connectivity index (χ4v) is 3.15. The van der Waals surface area contributed by atoms with Gasteiger partial charge in [0.05, 0.1) is 11.1 Å². The van der Waals surface area contributed by atoms with Crippen molar-refractivity contribution in [3.8, 4) is 0 Å². The molecule has 3 rings (SSSR count). The van der Waals surface area contributed by atoms with E-state index in [-0.39, 0.29) is 5.92 Å². The molecule has 0 saturated heterocycles. The quantitative estimate of drug-likeness (QED) is 0.856. The summed E-state index contributed by atoms with van der Waals surface area (Å²) in [5.74, 6) is -2.13. The molecule has 1 atom stereocenters. The van der Waals surface area contributed by atoms with Crippen LogP contribution in [0.5, 0.6) is 0 Å². The molecule has 3 amide bonds. The number of benzene rings is 2. The Balaban J connectivity index is 1.92. The van der Waals surface area contributed by atoms with Crippen molar-refractivity contribution in [3.05, 3.63) is 65.0 Å². The normalized spacial score (nSPS) is 14.6. The molecule has 0 bridgehead atoms. The predicted octanol–water partition coefficient (Wildman–Crippen LogP) is 3.39. The molecule has 0 aromatic heterocycles. The number of nitrogens with zero attached hydrogens (tertiary/aromatic N) is 1. The van der Waals surface area contributed by atoms with Crippen LogP contribution in [0.3, 0.4) is 0 Å². The van der Waals surface area contributed by atoms with Gasteiger partial charge in [-0.3, -0.25) is 19.3 Å². The Bertz CT molecular complexity index is 873. The number of imide groups is 1. The molecule has 5 nitrogen and oxygen atoms in total. The van der Waals surface area contributed by atoms with Gasteiger partial charge in [0.1, 0.15) is 11.9 Å². The van der Waals surface area contributed by atoms with E-state index in [1.165, 1.54) is 18.2 Å². The van der Waals surface area contributed by atoms with Crippen LogP contribution in [0, 0.1) is 18.7 Å². The minimum absolute atomic E-state index is 0.294. The summed E-state index contributed by atoms with van der Waals surface area (Å²) < 4.78 is 13.3. The topological polar surface area (TPSA) is 66.5 Å². The first-order valence-electron chi connectivity index (χ1n) is 8.35. The highest BCUT2D eigenvalue weighted by molar-refractivity contribution is 6.23. The lowest BCUT2D eigenvalue weighted by Crippen LogP contribution is -2.50. The van der Waals surface area contributed by atoms with Gasteiger partial charge in [0.2, 0.25) is 5.91 Å². The summed E-state index contributed by atoms with van der Waals surface area (Å²) in [7, 11) is 0. The van der Waals surface area contributed by atoms with Crippen molar-refractivity contribution in [1.29, 1.82) is 0 Å². The zero-order valence-corrected chi connectivity index (χ0v) is 14.7. The van der Waals surface area contributed by atoms with Gasteiger partial charge in [-0.15, -0.1) is 0 Å². The maximum absolute atomic E-state index is 13.3. The third-order valence-electron chi connectivity index (χ3n) is 4.45. The third kappa shape index (κ3) is 2.98. The van der Waals surface area contributed by atoms with Crippen LogP contribution < -0.4 is 5.32 Å². The van der Waals surface area contributed by atoms with Gasteiger partial charge in [-0.2, -0.15) is 0 Å². The number of anilines is 1. The van der Waals surface area contributed by atoms with Gasteiger partial charge in [0.15, 0.2) is 0 Å². The van der Waals surface area contributed by atoms with Crippen LogP contribution in [0.4, 0.5) is 10.1 Å². The number of nitrogens with one attached hydrogen (secondary N) is 1. The summed E-state index contributed by atoms with van der Waals surface area (Å²) in [5, 5.41) is 2.71. The Kier molecular flexibility index (Phi) is 4.59. The average Bonchev–Trinajstić information content (AvgIpc) is 2.83. The molecular formula is C20H19FN2O3. The van der Waals surface area contributed by atoms with Gasteiger partial charge in [-0.05, 0) is 48.7 Å². The first kappa shape index (κ1) is 17.8. The van der Waals surface area contributed by atoms with Crippen molar-refractivity contribution in [1.82, 2.24) is 4.90 Å². The largest absolute Gasteiger partial charge is 0.324 e. The molecule has 134 valence electrons. The smallest absolute Gasteiger partial charge is 0.262 e. The van der Waals surface area contributed by atoms with E-state index in [0.717, 1.165) is 4.90 Å². The minimum atomic E-state index is -0.966. The summed E-state index contributed by atoms with van der Waals surface area (Å²) in [6.45, 7) is 5.21. The first-order chi connectivity index (χ1) is 12.3. The van der Waals surface area contributed by atoms with Crippen molar-refractivity contribution < 1.29 is 18.8 Å². The molecule has 0 aliphatic carbocycles. The van der Waals surface area contributed by atoms with Crippen LogP contribution in [-0.2, 0) is 4.79 Å². The second-order valence-electron chi connectivity index (χ2n) is 6.66. The van der Waals surface area contributed by atoms with E-state index in [9.17, 15) is 18.8 Å². The average molecular weight is 354 g/mol. The van der Waals surface area contributed by atoms with Crippen LogP contribution in [0.25, 0.3) is 0 Å². The Hall–Kier alpha value is -3.02. The Morgan fingerprint density at radius 3 is 2.12 bits per heavy atom. The SMILES string of the molecule is Cc1cc(F)ccc1NC(=O)C(C(C)C)N1C(=O)c2ccccc2C1=O. The van der Waals surface area contributed by atoms with Crippen LogP contribution in [0.1, 0.15) is 40.1 Å². The molecule has 2 aromatic carbocycles.